The van der Waals surface area contributed by atoms with Crippen molar-refractivity contribution in [1.82, 2.24) is 0 Å². The molecular weight excluding hydrogens is 625 g/mol. The average Bonchev–Trinajstić information content (AvgIpc) is 3.53. The van der Waals surface area contributed by atoms with Crippen LogP contribution in [0.2, 0.25) is 0 Å². The van der Waals surface area contributed by atoms with Gasteiger partial charge >= 0.3 is 0 Å². The number of benzene rings is 3. The van der Waals surface area contributed by atoms with Gasteiger partial charge in [0, 0.05) is 11.5 Å². The standard InChI is InChI=1S/C52H62/c1-7-42-20-18-41(29-47(42)30-52-34-49(4)31-50(5,35-52)33-51(6,32-49)36-52)28-40-16-21-44(22-17-40)48(38(3)14-15-39-11-9-8-10-12-39)45-25-23-43(24-26-45)46-19-13-37(2)27-46/h1,8-13,18-20,23-27,29,37,40,44,48H,3,14-17,21-22,28,30-36H2,2,4-6H3. The molecule has 0 saturated heterocycles. The second-order valence-corrected chi connectivity index (χ2v) is 19.9. The number of allylic oxidation sites excluding steroid dienone is 5. The van der Waals surface area contributed by atoms with Crippen molar-refractivity contribution < 1.29 is 0 Å². The van der Waals surface area contributed by atoms with Crippen molar-refractivity contribution in [2.45, 2.75) is 124 Å². The van der Waals surface area contributed by atoms with Crippen molar-refractivity contribution in [2.24, 2.45) is 39.4 Å². The van der Waals surface area contributed by atoms with Gasteiger partial charge in [-0.25, -0.2) is 0 Å². The van der Waals surface area contributed by atoms with E-state index in [4.69, 9.17) is 13.0 Å². The van der Waals surface area contributed by atoms with Crippen LogP contribution in [0.1, 0.15) is 138 Å². The molecule has 6 aliphatic carbocycles. The Bertz CT molecular complexity index is 1830. The lowest BCUT2D eigenvalue weighted by atomic mass is 9.36. The summed E-state index contributed by atoms with van der Waals surface area (Å²) in [5.74, 6) is 5.43. The molecule has 0 spiro atoms. The van der Waals surface area contributed by atoms with E-state index in [0.717, 1.165) is 24.3 Å². The van der Waals surface area contributed by atoms with Crippen molar-refractivity contribution >= 4 is 5.57 Å². The van der Waals surface area contributed by atoms with Crippen LogP contribution >= 0.6 is 0 Å². The Hall–Kier alpha value is -3.56. The van der Waals surface area contributed by atoms with E-state index in [9.17, 15) is 0 Å². The first-order valence-corrected chi connectivity index (χ1v) is 20.7. The van der Waals surface area contributed by atoms with Crippen LogP contribution in [0.25, 0.3) is 5.57 Å². The fourth-order valence-corrected chi connectivity index (χ4v) is 13.9. The fraction of sp³-hybridized carbons (Fsp3) is 0.500. The zero-order valence-corrected chi connectivity index (χ0v) is 32.7. The smallest absolute Gasteiger partial charge is 0.0275 e. The number of terminal acetylenes is 1. The van der Waals surface area contributed by atoms with Gasteiger partial charge in [-0.05, 0) is 169 Å². The lowest BCUT2D eigenvalue weighted by Crippen LogP contribution is -2.59. The summed E-state index contributed by atoms with van der Waals surface area (Å²) in [6.07, 6.45) is 31.2. The zero-order valence-electron chi connectivity index (χ0n) is 32.7. The van der Waals surface area contributed by atoms with Gasteiger partial charge in [0.1, 0.15) is 0 Å². The van der Waals surface area contributed by atoms with Crippen LogP contribution in [-0.4, -0.2) is 0 Å². The Kier molecular flexibility index (Phi) is 9.34. The third-order valence-corrected chi connectivity index (χ3v) is 14.4. The predicted octanol–water partition coefficient (Wildman–Crippen LogP) is 13.5. The van der Waals surface area contributed by atoms with Crippen molar-refractivity contribution in [1.29, 1.82) is 0 Å². The maximum Gasteiger partial charge on any atom is 0.0275 e. The summed E-state index contributed by atoms with van der Waals surface area (Å²) < 4.78 is 0. The summed E-state index contributed by atoms with van der Waals surface area (Å²) in [4.78, 5) is 0. The molecule has 0 aliphatic heterocycles. The third kappa shape index (κ3) is 7.32. The summed E-state index contributed by atoms with van der Waals surface area (Å²) in [5.41, 5.74) is 13.0. The van der Waals surface area contributed by atoms with Crippen molar-refractivity contribution in [3.05, 3.63) is 137 Å². The van der Waals surface area contributed by atoms with Crippen LogP contribution in [-0.2, 0) is 19.3 Å². The minimum atomic E-state index is 0.411. The quantitative estimate of drug-likeness (QED) is 0.139. The van der Waals surface area contributed by atoms with Gasteiger partial charge in [0.25, 0.3) is 0 Å². The molecule has 3 aromatic carbocycles. The van der Waals surface area contributed by atoms with Gasteiger partial charge in [0.05, 0.1) is 0 Å². The van der Waals surface area contributed by atoms with Gasteiger partial charge in [-0.3, -0.25) is 0 Å². The van der Waals surface area contributed by atoms with Crippen molar-refractivity contribution in [2.75, 3.05) is 0 Å². The molecule has 0 amide bonds. The second-order valence-electron chi connectivity index (χ2n) is 19.9. The maximum atomic E-state index is 6.18. The highest BCUT2D eigenvalue weighted by molar-refractivity contribution is 5.76. The minimum absolute atomic E-state index is 0.411. The van der Waals surface area contributed by atoms with Crippen LogP contribution < -0.4 is 0 Å². The van der Waals surface area contributed by atoms with Crippen LogP contribution in [0, 0.1) is 51.8 Å². The molecule has 0 N–H and O–H groups in total. The summed E-state index contributed by atoms with van der Waals surface area (Å²) in [5, 5.41) is 0. The maximum absolute atomic E-state index is 6.18. The normalized spacial score (nSPS) is 33.8. The SMILES string of the molecule is C#Cc1ccc(CC2CCC(C(C(=C)CCc3ccccc3)c3ccc(C4=CC(C)C=C4)cc3)CC2)cc1CC12CC3(C)CC(C)(CC(C)(C3)C1)C2. The first-order chi connectivity index (χ1) is 24.9. The number of aryl methyl sites for hydroxylation is 1. The van der Waals surface area contributed by atoms with Gasteiger partial charge in [0.15, 0.2) is 0 Å². The van der Waals surface area contributed by atoms with E-state index in [0.29, 0.717) is 39.4 Å². The molecule has 4 bridgehead atoms. The van der Waals surface area contributed by atoms with Crippen molar-refractivity contribution in [3.63, 3.8) is 0 Å². The van der Waals surface area contributed by atoms with Gasteiger partial charge in [-0.2, -0.15) is 0 Å². The van der Waals surface area contributed by atoms with Crippen LogP contribution in [0.4, 0.5) is 0 Å². The van der Waals surface area contributed by atoms with E-state index in [1.165, 1.54) is 116 Å². The summed E-state index contributed by atoms with van der Waals surface area (Å²) in [6, 6.07) is 27.7. The monoisotopic (exact) mass is 686 g/mol. The molecule has 9 rings (SSSR count). The molecule has 6 aliphatic rings. The highest BCUT2D eigenvalue weighted by Crippen LogP contribution is 2.74. The van der Waals surface area contributed by atoms with Crippen LogP contribution in [0.5, 0.6) is 0 Å². The first kappa shape index (κ1) is 35.5. The van der Waals surface area contributed by atoms with E-state index in [1.54, 1.807) is 0 Å². The molecule has 0 heterocycles. The summed E-state index contributed by atoms with van der Waals surface area (Å²) in [6.45, 7) is 14.9. The zero-order chi connectivity index (χ0) is 36.1. The Morgan fingerprint density at radius 2 is 1.46 bits per heavy atom. The third-order valence-electron chi connectivity index (χ3n) is 14.4. The molecule has 5 saturated carbocycles. The van der Waals surface area contributed by atoms with E-state index in [2.05, 4.69) is 125 Å². The van der Waals surface area contributed by atoms with Crippen LogP contribution in [0.15, 0.2) is 103 Å². The minimum Gasteiger partial charge on any atom is -0.115 e. The predicted molar refractivity (Wildman–Crippen MR) is 221 cm³/mol. The Morgan fingerprint density at radius 3 is 2.06 bits per heavy atom. The van der Waals surface area contributed by atoms with E-state index >= 15 is 0 Å². The molecule has 3 aromatic rings. The van der Waals surface area contributed by atoms with E-state index in [-0.39, 0.29) is 0 Å². The highest BCUT2D eigenvalue weighted by atomic mass is 14.7. The van der Waals surface area contributed by atoms with Gasteiger partial charge < -0.3 is 0 Å². The second kappa shape index (κ2) is 13.7. The molecule has 0 radical (unpaired) electrons. The molecule has 0 heteroatoms. The Morgan fingerprint density at radius 1 is 0.808 bits per heavy atom. The highest BCUT2D eigenvalue weighted by Gasteiger charge is 2.63. The average molecular weight is 687 g/mol. The lowest BCUT2D eigenvalue weighted by molar-refractivity contribution is -0.182. The molecule has 0 aromatic heterocycles. The number of rotatable bonds is 11. The molecule has 0 nitrogen and oxygen atoms in total. The molecular formula is C52H62. The lowest BCUT2D eigenvalue weighted by Gasteiger charge is -2.69. The summed E-state index contributed by atoms with van der Waals surface area (Å²) in [7, 11) is 0. The van der Waals surface area contributed by atoms with E-state index in [1.807, 2.05) is 0 Å². The summed E-state index contributed by atoms with van der Waals surface area (Å²) >= 11 is 0. The first-order valence-electron chi connectivity index (χ1n) is 20.7. The van der Waals surface area contributed by atoms with Crippen LogP contribution in [0.3, 0.4) is 0 Å². The molecule has 2 atom stereocenters. The van der Waals surface area contributed by atoms with Gasteiger partial charge in [0.2, 0.25) is 0 Å². The van der Waals surface area contributed by atoms with E-state index < -0.39 is 0 Å². The number of hydrogen-bond donors (Lipinski definition) is 0. The largest absolute Gasteiger partial charge is 0.115 e. The van der Waals surface area contributed by atoms with Gasteiger partial charge in [-0.15, -0.1) is 6.42 Å². The molecule has 270 valence electrons. The molecule has 52 heavy (non-hydrogen) atoms. The van der Waals surface area contributed by atoms with Crippen molar-refractivity contribution in [3.8, 4) is 12.3 Å². The fourth-order valence-electron chi connectivity index (χ4n) is 13.9. The molecule has 2 unspecified atom stereocenters. The topological polar surface area (TPSA) is 0 Å². The van der Waals surface area contributed by atoms with Gasteiger partial charge in [-0.1, -0.05) is 131 Å². The Balaban J connectivity index is 0.961. The molecule has 5 fully saturated rings. The Labute approximate surface area is 316 Å². The number of hydrogen-bond acceptors (Lipinski definition) is 0.